The third-order valence-corrected chi connectivity index (χ3v) is 4.99. The van der Waals surface area contributed by atoms with Crippen LogP contribution in [0.15, 0.2) is 23.1 Å². The molecule has 2 rings (SSSR count). The SMILES string of the molecule is CCn1c(OC)nnc1[C@@H](C)NS(=O)(=O)c1ccc(F)c(Cl)c1. The predicted molar refractivity (Wildman–Crippen MR) is 82.4 cm³/mol. The van der Waals surface area contributed by atoms with Crippen molar-refractivity contribution in [2.75, 3.05) is 7.11 Å². The van der Waals surface area contributed by atoms with Crippen molar-refractivity contribution < 1.29 is 17.5 Å². The van der Waals surface area contributed by atoms with E-state index in [1.165, 1.54) is 7.11 Å². The number of hydrogen-bond acceptors (Lipinski definition) is 5. The molecule has 1 heterocycles. The molecule has 23 heavy (non-hydrogen) atoms. The van der Waals surface area contributed by atoms with E-state index in [-0.39, 0.29) is 9.92 Å². The fourth-order valence-corrected chi connectivity index (χ4v) is 3.54. The van der Waals surface area contributed by atoms with Crippen LogP contribution in [-0.4, -0.2) is 30.3 Å². The first-order chi connectivity index (χ1) is 10.8. The zero-order valence-electron chi connectivity index (χ0n) is 12.7. The van der Waals surface area contributed by atoms with Gasteiger partial charge in [0.15, 0.2) is 5.82 Å². The molecule has 7 nitrogen and oxygen atoms in total. The van der Waals surface area contributed by atoms with Crippen LogP contribution in [0, 0.1) is 5.82 Å². The van der Waals surface area contributed by atoms with Crippen LogP contribution in [0.1, 0.15) is 25.7 Å². The molecule has 0 spiro atoms. The average Bonchev–Trinajstić information content (AvgIpc) is 2.92. The van der Waals surface area contributed by atoms with Crippen LogP contribution in [0.25, 0.3) is 0 Å². The highest BCUT2D eigenvalue weighted by Crippen LogP contribution is 2.22. The highest BCUT2D eigenvalue weighted by molar-refractivity contribution is 7.89. The Bertz CT molecular complexity index is 810. The lowest BCUT2D eigenvalue weighted by Gasteiger charge is -2.15. The molecule has 0 unspecified atom stereocenters. The van der Waals surface area contributed by atoms with Crippen LogP contribution in [0.3, 0.4) is 0 Å². The molecular formula is C13H16ClFN4O3S. The van der Waals surface area contributed by atoms with E-state index in [1.807, 2.05) is 6.92 Å². The molecule has 1 aromatic carbocycles. The molecule has 0 bridgehead atoms. The Kier molecular flexibility index (Phi) is 5.23. The quantitative estimate of drug-likeness (QED) is 0.850. The zero-order chi connectivity index (χ0) is 17.2. The minimum absolute atomic E-state index is 0.134. The van der Waals surface area contributed by atoms with Crippen molar-refractivity contribution in [1.29, 1.82) is 0 Å². The van der Waals surface area contributed by atoms with Gasteiger partial charge in [-0.3, -0.25) is 4.57 Å². The van der Waals surface area contributed by atoms with Gasteiger partial charge in [0, 0.05) is 6.54 Å². The van der Waals surface area contributed by atoms with Gasteiger partial charge in [-0.1, -0.05) is 16.7 Å². The van der Waals surface area contributed by atoms with Gasteiger partial charge in [-0.2, -0.15) is 0 Å². The van der Waals surface area contributed by atoms with Gasteiger partial charge in [0.05, 0.1) is 23.1 Å². The largest absolute Gasteiger partial charge is 0.467 e. The second-order valence-corrected chi connectivity index (χ2v) is 6.83. The number of halogens is 2. The van der Waals surface area contributed by atoms with Crippen LogP contribution in [-0.2, 0) is 16.6 Å². The van der Waals surface area contributed by atoms with Crippen molar-refractivity contribution in [2.45, 2.75) is 31.3 Å². The number of ether oxygens (including phenoxy) is 1. The number of sulfonamides is 1. The number of methoxy groups -OCH3 is 1. The summed E-state index contributed by atoms with van der Waals surface area (Å²) in [6, 6.07) is 2.82. The number of nitrogens with one attached hydrogen (secondary N) is 1. The van der Waals surface area contributed by atoms with E-state index >= 15 is 0 Å². The number of hydrogen-bond donors (Lipinski definition) is 1. The molecule has 1 aromatic heterocycles. The van der Waals surface area contributed by atoms with E-state index in [1.54, 1.807) is 11.5 Å². The van der Waals surface area contributed by atoms with Crippen LogP contribution in [0.5, 0.6) is 6.01 Å². The summed E-state index contributed by atoms with van der Waals surface area (Å²) in [7, 11) is -2.44. The monoisotopic (exact) mass is 362 g/mol. The number of rotatable bonds is 6. The van der Waals surface area contributed by atoms with Crippen LogP contribution < -0.4 is 9.46 Å². The highest BCUT2D eigenvalue weighted by atomic mass is 35.5. The lowest BCUT2D eigenvalue weighted by Crippen LogP contribution is -2.29. The Morgan fingerprint density at radius 1 is 1.43 bits per heavy atom. The molecule has 1 N–H and O–H groups in total. The normalized spacial score (nSPS) is 13.1. The fourth-order valence-electron chi connectivity index (χ4n) is 2.07. The van der Waals surface area contributed by atoms with E-state index in [0.717, 1.165) is 18.2 Å². The summed E-state index contributed by atoms with van der Waals surface area (Å²) in [5.74, 6) is -0.282. The van der Waals surface area contributed by atoms with E-state index in [9.17, 15) is 12.8 Å². The van der Waals surface area contributed by atoms with Crippen molar-refractivity contribution in [2.24, 2.45) is 0 Å². The molecule has 2 aromatic rings. The number of benzene rings is 1. The van der Waals surface area contributed by atoms with Gasteiger partial charge < -0.3 is 4.74 Å². The molecule has 0 aliphatic heterocycles. The maximum atomic E-state index is 13.2. The van der Waals surface area contributed by atoms with Crippen molar-refractivity contribution in [1.82, 2.24) is 19.5 Å². The minimum atomic E-state index is -3.89. The van der Waals surface area contributed by atoms with Gasteiger partial charge >= 0.3 is 6.01 Å². The third kappa shape index (κ3) is 3.62. The Hall–Kier alpha value is -1.71. The Balaban J connectivity index is 2.29. The Morgan fingerprint density at radius 3 is 2.70 bits per heavy atom. The summed E-state index contributed by atoms with van der Waals surface area (Å²) in [5.41, 5.74) is 0. The molecule has 1 atom stereocenters. The summed E-state index contributed by atoms with van der Waals surface area (Å²) in [6.07, 6.45) is 0. The summed E-state index contributed by atoms with van der Waals surface area (Å²) in [6.45, 7) is 3.99. The van der Waals surface area contributed by atoms with Gasteiger partial charge in [0.25, 0.3) is 0 Å². The molecular weight excluding hydrogens is 347 g/mol. The van der Waals surface area contributed by atoms with Crippen molar-refractivity contribution in [3.8, 4) is 6.01 Å². The second kappa shape index (κ2) is 6.81. The van der Waals surface area contributed by atoms with Crippen LogP contribution in [0.2, 0.25) is 5.02 Å². The fraction of sp³-hybridized carbons (Fsp3) is 0.385. The van der Waals surface area contributed by atoms with Gasteiger partial charge in [-0.15, -0.1) is 5.10 Å². The summed E-state index contributed by atoms with van der Waals surface area (Å²) in [4.78, 5) is -0.134. The molecule has 0 radical (unpaired) electrons. The highest BCUT2D eigenvalue weighted by Gasteiger charge is 2.24. The molecule has 0 amide bonds. The number of aromatic nitrogens is 3. The number of nitrogens with zero attached hydrogens (tertiary/aromatic N) is 3. The first kappa shape index (κ1) is 17.6. The molecule has 10 heteroatoms. The van der Waals surface area contributed by atoms with E-state index in [0.29, 0.717) is 18.4 Å². The summed E-state index contributed by atoms with van der Waals surface area (Å²) in [5, 5.41) is 7.52. The topological polar surface area (TPSA) is 86.1 Å². The molecule has 0 fully saturated rings. The van der Waals surface area contributed by atoms with Gasteiger partial charge in [-0.05, 0) is 32.0 Å². The van der Waals surface area contributed by atoms with Gasteiger partial charge in [0.2, 0.25) is 10.0 Å². The smallest absolute Gasteiger partial charge is 0.316 e. The Morgan fingerprint density at radius 2 is 2.13 bits per heavy atom. The first-order valence-corrected chi connectivity index (χ1v) is 8.60. The summed E-state index contributed by atoms with van der Waals surface area (Å²) < 4.78 is 47.1. The average molecular weight is 363 g/mol. The van der Waals surface area contributed by atoms with E-state index < -0.39 is 21.9 Å². The van der Waals surface area contributed by atoms with Crippen molar-refractivity contribution in [3.63, 3.8) is 0 Å². The standard InChI is InChI=1S/C13H16ClFN4O3S/c1-4-19-12(16-17-13(19)22-3)8(2)18-23(20,21)9-5-6-11(15)10(14)7-9/h5-8,18H,4H2,1-3H3/t8-/m1/s1. The van der Waals surface area contributed by atoms with Gasteiger partial charge in [0.1, 0.15) is 5.82 Å². The molecule has 0 aliphatic carbocycles. The molecule has 0 saturated carbocycles. The zero-order valence-corrected chi connectivity index (χ0v) is 14.3. The molecule has 126 valence electrons. The Labute approximate surface area is 138 Å². The van der Waals surface area contributed by atoms with Crippen molar-refractivity contribution >= 4 is 21.6 Å². The van der Waals surface area contributed by atoms with Crippen molar-refractivity contribution in [3.05, 3.63) is 34.9 Å². The molecule has 0 aliphatic rings. The first-order valence-electron chi connectivity index (χ1n) is 6.74. The maximum Gasteiger partial charge on any atom is 0.316 e. The summed E-state index contributed by atoms with van der Waals surface area (Å²) >= 11 is 5.63. The third-order valence-electron chi connectivity index (χ3n) is 3.16. The lowest BCUT2D eigenvalue weighted by atomic mass is 10.3. The lowest BCUT2D eigenvalue weighted by molar-refractivity contribution is 0.354. The minimum Gasteiger partial charge on any atom is -0.467 e. The van der Waals surface area contributed by atoms with E-state index in [4.69, 9.17) is 16.3 Å². The predicted octanol–water partition coefficient (Wildman–Crippen LogP) is 2.14. The second-order valence-electron chi connectivity index (χ2n) is 4.71. The van der Waals surface area contributed by atoms with Gasteiger partial charge in [-0.25, -0.2) is 17.5 Å². The molecule has 0 saturated heterocycles. The van der Waals surface area contributed by atoms with Crippen LogP contribution >= 0.6 is 11.6 Å². The maximum absolute atomic E-state index is 13.2. The van der Waals surface area contributed by atoms with Crippen LogP contribution in [0.4, 0.5) is 4.39 Å². The van der Waals surface area contributed by atoms with E-state index in [2.05, 4.69) is 14.9 Å².